The molecule has 24 heteroatoms. The van der Waals surface area contributed by atoms with Gasteiger partial charge in [-0.3, -0.25) is 19.9 Å². The third-order valence-electron chi connectivity index (χ3n) is 15.5. The van der Waals surface area contributed by atoms with Crippen molar-refractivity contribution in [2.24, 2.45) is 22.7 Å². The van der Waals surface area contributed by atoms with E-state index in [0.29, 0.717) is 37.7 Å². The number of rotatable bonds is 17. The molecule has 430 valence electrons. The number of nitro groups is 1. The lowest BCUT2D eigenvalue weighted by atomic mass is 9.83. The summed E-state index contributed by atoms with van der Waals surface area (Å²) >= 11 is 2.14. The van der Waals surface area contributed by atoms with Gasteiger partial charge in [0.05, 0.1) is 56.0 Å². The predicted molar refractivity (Wildman–Crippen MR) is 280 cm³/mol. The number of nitro benzene ring substituents is 1. The fourth-order valence-electron chi connectivity index (χ4n) is 10.7. The number of benzene rings is 1. The Morgan fingerprint density at radius 1 is 1.09 bits per heavy atom. The number of aliphatic imine (C=N–C) groups is 1. The van der Waals surface area contributed by atoms with Crippen LogP contribution >= 0.6 is 22.6 Å². The molecule has 19 nitrogen and oxygen atoms in total. The maximum Gasteiger partial charge on any atom is 0.423 e. The van der Waals surface area contributed by atoms with Gasteiger partial charge >= 0.3 is 12.1 Å². The molecule has 3 heterocycles. The Bertz CT molecular complexity index is 2080. The molecule has 18 atom stereocenters. The Balaban J connectivity index is 1.65. The fraction of sp³-hybridized carbons (Fsp3) is 0.804. The van der Waals surface area contributed by atoms with Crippen LogP contribution in [0.1, 0.15) is 112 Å². The van der Waals surface area contributed by atoms with Crippen molar-refractivity contribution in [1.29, 1.82) is 0 Å². The number of alkyl halides is 5. The first-order valence-electron chi connectivity index (χ1n) is 25.6. The summed E-state index contributed by atoms with van der Waals surface area (Å²) in [6, 6.07) is 0.574. The number of carbonyl (C=O) groups excluding carboxylic acids is 1. The molecule has 3 fully saturated rings. The number of carbonyl (C=O) groups is 1. The van der Waals surface area contributed by atoms with Gasteiger partial charge in [0.15, 0.2) is 12.6 Å². The van der Waals surface area contributed by atoms with Crippen molar-refractivity contribution in [3.05, 3.63) is 51.3 Å². The first kappa shape index (κ1) is 64.8. The van der Waals surface area contributed by atoms with E-state index in [1.54, 1.807) is 41.5 Å². The van der Waals surface area contributed by atoms with Crippen molar-refractivity contribution in [2.75, 3.05) is 41.0 Å². The van der Waals surface area contributed by atoms with Crippen molar-refractivity contribution in [3.63, 3.8) is 0 Å². The summed E-state index contributed by atoms with van der Waals surface area (Å²) < 4.78 is 93.0. The maximum absolute atomic E-state index is 14.5. The van der Waals surface area contributed by atoms with Crippen molar-refractivity contribution in [3.8, 4) is 0 Å². The summed E-state index contributed by atoms with van der Waals surface area (Å²) in [5, 5.41) is 59.7. The van der Waals surface area contributed by atoms with Crippen LogP contribution in [0.15, 0.2) is 35.1 Å². The van der Waals surface area contributed by atoms with Crippen LogP contribution < -0.4 is 5.84 Å². The number of ether oxygens (including phenoxy) is 6. The van der Waals surface area contributed by atoms with E-state index < -0.39 is 123 Å². The highest BCUT2D eigenvalue weighted by molar-refractivity contribution is 14.1. The molecule has 0 saturated carbocycles. The van der Waals surface area contributed by atoms with Crippen LogP contribution in [0.25, 0.3) is 0 Å². The molecule has 3 saturated heterocycles. The van der Waals surface area contributed by atoms with Crippen molar-refractivity contribution in [2.45, 2.75) is 208 Å². The summed E-state index contributed by atoms with van der Waals surface area (Å²) in [6.07, 6.45) is -11.1. The molecule has 0 amide bonds. The molecule has 0 bridgehead atoms. The molecule has 3 aliphatic rings. The average Bonchev–Trinajstić information content (AvgIpc) is 3.33. The van der Waals surface area contributed by atoms with E-state index in [-0.39, 0.29) is 55.7 Å². The number of nitrogens with two attached hydrogens (primary N) is 1. The Morgan fingerprint density at radius 3 is 2.32 bits per heavy atom. The monoisotopic (exact) mass is 1190 g/mol. The number of hydrogen-bond acceptors (Lipinski definition) is 18. The number of nitrogens with zero attached hydrogens (tertiary/aromatic N) is 5. The summed E-state index contributed by atoms with van der Waals surface area (Å²) in [7, 11) is 5.18. The number of aliphatic hydroxyl groups is 4. The molecule has 0 aliphatic carbocycles. The van der Waals surface area contributed by atoms with E-state index in [1.165, 1.54) is 20.2 Å². The fourth-order valence-corrected chi connectivity index (χ4v) is 12.4. The van der Waals surface area contributed by atoms with Gasteiger partial charge in [-0.15, -0.1) is 0 Å². The molecule has 0 radical (unpaired) electrons. The molecular formula is C51H83F4IN6O13. The SMILES string of the molecule is C=N/C(=C\N(N)[C@H](CF)Cc1ccc([N+](=O)[O-])c(C(F)(F)F)c1)CCN(C)[C@@H]1C[C@H](O[C@@H]2[C@@H](I)[C@H](O[C@H]3C[C@@](C)(OC)[C@@H](O)[C@H](C)O3)[C@@H](C)C(=O)O[C@H](CC)[C@@](C)(O)[C@H](O)[C@@H](C)N(C)C[C@H](C)C[C@@]2(C)O)O[C@H](C)C1. The molecule has 1 aromatic carbocycles. The molecule has 1 aromatic rings. The van der Waals surface area contributed by atoms with E-state index in [0.717, 1.165) is 17.1 Å². The Labute approximate surface area is 452 Å². The topological polar surface area (TPSA) is 245 Å². The summed E-state index contributed by atoms with van der Waals surface area (Å²) in [5.74, 6) is 4.21. The molecule has 6 N–H and O–H groups in total. The minimum atomic E-state index is -5.01. The van der Waals surface area contributed by atoms with Crippen LogP contribution in [0, 0.1) is 22.0 Å². The van der Waals surface area contributed by atoms with Gasteiger partial charge in [0, 0.05) is 63.8 Å². The van der Waals surface area contributed by atoms with Crippen LogP contribution in [0.3, 0.4) is 0 Å². The Hall–Kier alpha value is -2.73. The largest absolute Gasteiger partial charge is 0.459 e. The summed E-state index contributed by atoms with van der Waals surface area (Å²) in [5.41, 5.74) is -6.81. The number of aliphatic hydroxyl groups excluding tert-OH is 2. The minimum absolute atomic E-state index is 0.00754. The van der Waals surface area contributed by atoms with Crippen molar-refractivity contribution < 1.29 is 76.1 Å². The second-order valence-corrected chi connectivity index (χ2v) is 23.2. The second-order valence-electron chi connectivity index (χ2n) is 21.8. The zero-order chi connectivity index (χ0) is 56.7. The Morgan fingerprint density at radius 2 is 1.75 bits per heavy atom. The highest BCUT2D eigenvalue weighted by atomic mass is 127. The van der Waals surface area contributed by atoms with Crippen LogP contribution in [0.4, 0.5) is 23.2 Å². The lowest BCUT2D eigenvalue weighted by Crippen LogP contribution is -2.60. The molecule has 0 unspecified atom stereocenters. The number of hydrogen-bond donors (Lipinski definition) is 5. The minimum Gasteiger partial charge on any atom is -0.459 e. The summed E-state index contributed by atoms with van der Waals surface area (Å²) in [4.78, 5) is 32.7. The third-order valence-corrected chi connectivity index (χ3v) is 16.9. The quantitative estimate of drug-likeness (QED) is 0.0173. The lowest BCUT2D eigenvalue weighted by molar-refractivity contribution is -0.388. The van der Waals surface area contributed by atoms with Gasteiger partial charge in [0.2, 0.25) is 0 Å². The van der Waals surface area contributed by atoms with Gasteiger partial charge in [-0.25, -0.2) is 10.2 Å². The van der Waals surface area contributed by atoms with Gasteiger partial charge in [0.25, 0.3) is 5.69 Å². The standard InChI is InChI=1S/C51H83F4IN6O13/c1-14-39-50(9,67)44(63)31(5)60(12)26-28(2)23-48(7,66)46(42(56)43(30(4)47(65)73-39)74-41-24-49(8,70-13)45(64)32(6)72-41)75-40-22-35(19-29(3)71-40)59(11)18-17-34(58-10)27-61(57)36(25-52)20-33-15-16-38(62(68)69)37(21-33)51(53,54)55/h15-16,21,27-32,35-36,39-46,63-64,66-67H,10,14,17-20,22-26,57H2,1-9,11-13H3/b34-27-/t28-,29-,30-,31-,32+,35+,36+,39-,40+,41+,42+,43-,44-,45+,46-,48-,49-,50-/m1/s1. The second kappa shape index (κ2) is 27.0. The van der Waals surface area contributed by atoms with Gasteiger partial charge in [0.1, 0.15) is 42.3 Å². The lowest BCUT2D eigenvalue weighted by Gasteiger charge is -2.47. The molecule has 0 spiro atoms. The van der Waals surface area contributed by atoms with Crippen LogP contribution in [-0.4, -0.2) is 188 Å². The first-order valence-corrected chi connectivity index (χ1v) is 26.8. The number of esters is 1. The van der Waals surface area contributed by atoms with E-state index in [2.05, 4.69) is 39.2 Å². The third kappa shape index (κ3) is 16.4. The van der Waals surface area contributed by atoms with Gasteiger partial charge < -0.3 is 63.7 Å². The number of halogens is 5. The maximum atomic E-state index is 14.5. The smallest absolute Gasteiger partial charge is 0.423 e. The molecule has 3 aliphatic heterocycles. The van der Waals surface area contributed by atoms with Crippen molar-refractivity contribution in [1.82, 2.24) is 14.8 Å². The molecule has 4 rings (SSSR count). The van der Waals surface area contributed by atoms with E-state index in [9.17, 15) is 52.9 Å². The first-order chi connectivity index (χ1) is 34.7. The Kier molecular flexibility index (Phi) is 23.3. The number of cyclic esters (lactones) is 1. The van der Waals surface area contributed by atoms with Crippen LogP contribution in [0.2, 0.25) is 0 Å². The number of likely N-dealkylation sites (N-methyl/N-ethyl adjacent to an activating group) is 1. The predicted octanol–water partition coefficient (Wildman–Crippen LogP) is 6.08. The van der Waals surface area contributed by atoms with Crippen LogP contribution in [0.5, 0.6) is 0 Å². The van der Waals surface area contributed by atoms with E-state index in [4.69, 9.17) is 34.3 Å². The summed E-state index contributed by atoms with van der Waals surface area (Å²) in [6.45, 7) is 18.9. The average molecular weight is 1190 g/mol. The zero-order valence-electron chi connectivity index (χ0n) is 45.4. The van der Waals surface area contributed by atoms with Gasteiger partial charge in [-0.1, -0.05) is 42.5 Å². The van der Waals surface area contributed by atoms with E-state index in [1.807, 2.05) is 32.8 Å². The normalized spacial score (nSPS) is 37.8. The van der Waals surface area contributed by atoms with Crippen molar-refractivity contribution >= 4 is 41.0 Å². The molecular weight excluding hydrogens is 1110 g/mol. The number of hydrazine groups is 1. The van der Waals surface area contributed by atoms with Gasteiger partial charge in [-0.05, 0) is 113 Å². The highest BCUT2D eigenvalue weighted by Crippen LogP contribution is 2.41. The van der Waals surface area contributed by atoms with Gasteiger partial charge in [-0.2, -0.15) is 13.2 Å². The van der Waals surface area contributed by atoms with E-state index >= 15 is 0 Å². The molecule has 75 heavy (non-hydrogen) atoms. The highest BCUT2D eigenvalue weighted by Gasteiger charge is 2.53. The van der Waals surface area contributed by atoms with Crippen LogP contribution in [-0.2, 0) is 45.8 Å². The number of methoxy groups -OCH3 is 1. The molecule has 0 aromatic heterocycles. The zero-order valence-corrected chi connectivity index (χ0v) is 47.6.